The number of nitrogens with zero attached hydrogens (tertiary/aromatic N) is 5. The highest BCUT2D eigenvalue weighted by Gasteiger charge is 2.13. The first-order valence-electron chi connectivity index (χ1n) is 8.22. The lowest BCUT2D eigenvalue weighted by Crippen LogP contribution is -2.19. The lowest BCUT2D eigenvalue weighted by atomic mass is 10.1. The third-order valence-electron chi connectivity index (χ3n) is 3.68. The van der Waals surface area contributed by atoms with Gasteiger partial charge in [0.1, 0.15) is 5.75 Å². The zero-order chi connectivity index (χ0) is 19.2. The van der Waals surface area contributed by atoms with E-state index >= 15 is 0 Å². The predicted octanol–water partition coefficient (Wildman–Crippen LogP) is 1.93. The molecule has 0 bridgehead atoms. The van der Waals surface area contributed by atoms with Crippen LogP contribution in [0.2, 0.25) is 0 Å². The smallest absolute Gasteiger partial charge is 0.341 e. The Hall–Kier alpha value is -3.33. The molecular formula is C18H19N5O4. The highest BCUT2D eigenvalue weighted by Crippen LogP contribution is 2.27. The van der Waals surface area contributed by atoms with Crippen LogP contribution >= 0.6 is 0 Å². The van der Waals surface area contributed by atoms with Crippen molar-refractivity contribution in [2.24, 2.45) is 0 Å². The van der Waals surface area contributed by atoms with Crippen molar-refractivity contribution in [3.8, 4) is 17.0 Å². The zero-order valence-electron chi connectivity index (χ0n) is 15.0. The van der Waals surface area contributed by atoms with Gasteiger partial charge in [0, 0.05) is 37.0 Å². The second-order valence-electron chi connectivity index (χ2n) is 5.98. The summed E-state index contributed by atoms with van der Waals surface area (Å²) in [5.74, 6) is 0.480. The minimum absolute atomic E-state index is 0.413. The van der Waals surface area contributed by atoms with E-state index in [4.69, 9.17) is 14.3 Å². The Kier molecular flexibility index (Phi) is 5.72. The summed E-state index contributed by atoms with van der Waals surface area (Å²) in [6, 6.07) is 5.48. The Morgan fingerprint density at radius 2 is 2.11 bits per heavy atom. The van der Waals surface area contributed by atoms with E-state index in [1.807, 2.05) is 24.1 Å². The van der Waals surface area contributed by atoms with Gasteiger partial charge < -0.3 is 14.3 Å². The van der Waals surface area contributed by atoms with Crippen molar-refractivity contribution in [3.63, 3.8) is 0 Å². The number of carboxylic acid groups (broad SMARTS) is 1. The summed E-state index contributed by atoms with van der Waals surface area (Å²) in [6.07, 6.45) is 4.89. The molecule has 0 aliphatic heterocycles. The maximum absolute atomic E-state index is 10.9. The fourth-order valence-corrected chi connectivity index (χ4v) is 2.57. The number of aromatic nitrogens is 4. The molecule has 3 rings (SSSR count). The standard InChI is InChI=1S/C18H19N5O4/c1-12-21-22-17(27-12)10-23(2)9-14-7-13(15-8-19-5-6-20-15)3-4-16(14)26-11-18(24)25/h3-8H,9-11H2,1-2H3,(H,24,25). The van der Waals surface area contributed by atoms with E-state index < -0.39 is 12.6 Å². The van der Waals surface area contributed by atoms with Crippen LogP contribution in [0.4, 0.5) is 0 Å². The number of hydrogen-bond acceptors (Lipinski definition) is 8. The molecular weight excluding hydrogens is 350 g/mol. The Morgan fingerprint density at radius 3 is 2.78 bits per heavy atom. The summed E-state index contributed by atoms with van der Waals surface area (Å²) >= 11 is 0. The number of carbonyl (C=O) groups is 1. The van der Waals surface area contributed by atoms with Crippen molar-refractivity contribution in [1.82, 2.24) is 25.1 Å². The number of carboxylic acids is 1. The molecule has 1 aromatic carbocycles. The average molecular weight is 369 g/mol. The van der Waals surface area contributed by atoms with Crippen LogP contribution in [0.1, 0.15) is 17.3 Å². The molecule has 0 saturated heterocycles. The molecule has 2 aromatic heterocycles. The molecule has 0 amide bonds. The number of ether oxygens (including phenoxy) is 1. The van der Waals surface area contributed by atoms with Crippen molar-refractivity contribution in [3.05, 3.63) is 54.1 Å². The lowest BCUT2D eigenvalue weighted by Gasteiger charge is -2.18. The van der Waals surface area contributed by atoms with Gasteiger partial charge >= 0.3 is 5.97 Å². The van der Waals surface area contributed by atoms with E-state index in [9.17, 15) is 4.79 Å². The lowest BCUT2D eigenvalue weighted by molar-refractivity contribution is -0.139. The maximum atomic E-state index is 10.9. The van der Waals surface area contributed by atoms with Crippen molar-refractivity contribution < 1.29 is 19.1 Å². The SMILES string of the molecule is Cc1nnc(CN(C)Cc2cc(-c3cnccn3)ccc2OCC(=O)O)o1. The summed E-state index contributed by atoms with van der Waals surface area (Å²) in [5.41, 5.74) is 2.40. The Bertz CT molecular complexity index is 913. The quantitative estimate of drug-likeness (QED) is 0.636. The molecule has 0 unspecified atom stereocenters. The van der Waals surface area contributed by atoms with Gasteiger partial charge in [-0.15, -0.1) is 10.2 Å². The van der Waals surface area contributed by atoms with Crippen LogP contribution in [-0.4, -0.2) is 49.8 Å². The fourth-order valence-electron chi connectivity index (χ4n) is 2.57. The van der Waals surface area contributed by atoms with Gasteiger partial charge in [0.05, 0.1) is 18.4 Å². The third-order valence-corrected chi connectivity index (χ3v) is 3.68. The van der Waals surface area contributed by atoms with Gasteiger partial charge in [0.25, 0.3) is 0 Å². The van der Waals surface area contributed by atoms with Crippen LogP contribution in [-0.2, 0) is 17.9 Å². The van der Waals surface area contributed by atoms with E-state index in [-0.39, 0.29) is 0 Å². The van der Waals surface area contributed by atoms with Gasteiger partial charge in [-0.3, -0.25) is 14.9 Å². The summed E-state index contributed by atoms with van der Waals surface area (Å²) in [4.78, 5) is 21.2. The minimum atomic E-state index is -1.03. The summed E-state index contributed by atoms with van der Waals surface area (Å²) in [6.45, 7) is 2.27. The van der Waals surface area contributed by atoms with E-state index in [0.717, 1.165) is 16.8 Å². The number of aryl methyl sites for hydroxylation is 1. The minimum Gasteiger partial charge on any atom is -0.482 e. The van der Waals surface area contributed by atoms with Gasteiger partial charge in [0.2, 0.25) is 11.8 Å². The molecule has 9 heteroatoms. The Balaban J connectivity index is 1.83. The molecule has 0 aliphatic carbocycles. The number of hydrogen-bond donors (Lipinski definition) is 1. The molecule has 1 N–H and O–H groups in total. The van der Waals surface area contributed by atoms with Crippen LogP contribution in [0.3, 0.4) is 0 Å². The van der Waals surface area contributed by atoms with Gasteiger partial charge in [-0.1, -0.05) is 0 Å². The van der Waals surface area contributed by atoms with Gasteiger partial charge in [-0.05, 0) is 25.2 Å². The normalized spacial score (nSPS) is 10.9. The van der Waals surface area contributed by atoms with Crippen LogP contribution in [0, 0.1) is 6.92 Å². The van der Waals surface area contributed by atoms with Crippen molar-refractivity contribution in [2.75, 3.05) is 13.7 Å². The van der Waals surface area contributed by atoms with Crippen LogP contribution in [0.15, 0.2) is 41.2 Å². The molecule has 140 valence electrons. The topological polar surface area (TPSA) is 114 Å². The number of aliphatic carboxylic acids is 1. The molecule has 0 fully saturated rings. The van der Waals surface area contributed by atoms with Gasteiger partial charge in [0.15, 0.2) is 6.61 Å². The first kappa shape index (κ1) is 18.5. The van der Waals surface area contributed by atoms with Crippen molar-refractivity contribution in [2.45, 2.75) is 20.0 Å². The molecule has 2 heterocycles. The third kappa shape index (κ3) is 5.08. The van der Waals surface area contributed by atoms with E-state index in [1.165, 1.54) is 0 Å². The fraction of sp³-hybridized carbons (Fsp3) is 0.278. The second-order valence-corrected chi connectivity index (χ2v) is 5.98. The largest absolute Gasteiger partial charge is 0.482 e. The monoisotopic (exact) mass is 369 g/mol. The van der Waals surface area contributed by atoms with Crippen LogP contribution in [0.5, 0.6) is 5.75 Å². The predicted molar refractivity (Wildman–Crippen MR) is 94.8 cm³/mol. The molecule has 0 aliphatic rings. The molecule has 0 radical (unpaired) electrons. The molecule has 0 atom stereocenters. The first-order valence-corrected chi connectivity index (χ1v) is 8.22. The second kappa shape index (κ2) is 8.37. The molecule has 3 aromatic rings. The van der Waals surface area contributed by atoms with E-state index in [0.29, 0.717) is 30.6 Å². The molecule has 0 spiro atoms. The van der Waals surface area contributed by atoms with Crippen LogP contribution in [0.25, 0.3) is 11.3 Å². The summed E-state index contributed by atoms with van der Waals surface area (Å²) in [7, 11) is 1.90. The van der Waals surface area contributed by atoms with Crippen molar-refractivity contribution >= 4 is 5.97 Å². The van der Waals surface area contributed by atoms with Gasteiger partial charge in [-0.25, -0.2) is 4.79 Å². The number of rotatable bonds is 8. The highest BCUT2D eigenvalue weighted by atomic mass is 16.5. The summed E-state index contributed by atoms with van der Waals surface area (Å²) in [5, 5.41) is 16.7. The zero-order valence-corrected chi connectivity index (χ0v) is 15.0. The van der Waals surface area contributed by atoms with Gasteiger partial charge in [-0.2, -0.15) is 0 Å². The maximum Gasteiger partial charge on any atom is 0.341 e. The summed E-state index contributed by atoms with van der Waals surface area (Å²) < 4.78 is 10.8. The average Bonchev–Trinajstić information content (AvgIpc) is 3.05. The Morgan fingerprint density at radius 1 is 1.26 bits per heavy atom. The van der Waals surface area contributed by atoms with E-state index in [1.54, 1.807) is 31.6 Å². The first-order chi connectivity index (χ1) is 13.0. The molecule has 27 heavy (non-hydrogen) atoms. The van der Waals surface area contributed by atoms with Crippen LogP contribution < -0.4 is 4.74 Å². The Labute approximate surface area is 155 Å². The van der Waals surface area contributed by atoms with E-state index in [2.05, 4.69) is 20.2 Å². The van der Waals surface area contributed by atoms with Crippen molar-refractivity contribution in [1.29, 1.82) is 0 Å². The number of benzene rings is 1. The highest BCUT2D eigenvalue weighted by molar-refractivity contribution is 5.69. The molecule has 0 saturated carbocycles. The molecule has 9 nitrogen and oxygen atoms in total.